The van der Waals surface area contributed by atoms with Crippen molar-refractivity contribution in [1.29, 1.82) is 0 Å². The van der Waals surface area contributed by atoms with Crippen LogP contribution in [0.4, 0.5) is 4.39 Å². The maximum Gasteiger partial charge on any atom is 0.251 e. The van der Waals surface area contributed by atoms with Gasteiger partial charge in [-0.15, -0.1) is 0 Å². The molecule has 3 rings (SSSR count). The molecule has 4 nitrogen and oxygen atoms in total. The Bertz CT molecular complexity index is 919. The number of carbonyl (C=O) groups excluding carboxylic acids is 1. The van der Waals surface area contributed by atoms with E-state index in [1.807, 2.05) is 26.0 Å². The average Bonchev–Trinajstić information content (AvgIpc) is 2.87. The maximum absolute atomic E-state index is 13.2. The molecule has 1 amide bonds. The first-order valence-corrected chi connectivity index (χ1v) is 8.18. The van der Waals surface area contributed by atoms with Gasteiger partial charge in [-0.2, -0.15) is 5.10 Å². The van der Waals surface area contributed by atoms with Crippen LogP contribution >= 0.6 is 11.6 Å². The Morgan fingerprint density at radius 2 is 1.92 bits per heavy atom. The zero-order chi connectivity index (χ0) is 18.0. The molecule has 3 aromatic rings. The zero-order valence-electron chi connectivity index (χ0n) is 13.9. The van der Waals surface area contributed by atoms with Gasteiger partial charge in [0.2, 0.25) is 0 Å². The van der Waals surface area contributed by atoms with Gasteiger partial charge >= 0.3 is 0 Å². The first-order valence-electron chi connectivity index (χ1n) is 7.80. The molecule has 0 radical (unpaired) electrons. The number of rotatable bonds is 4. The van der Waals surface area contributed by atoms with E-state index in [0.29, 0.717) is 16.1 Å². The summed E-state index contributed by atoms with van der Waals surface area (Å²) in [7, 11) is 0. The Balaban J connectivity index is 1.71. The van der Waals surface area contributed by atoms with Crippen LogP contribution in [0.3, 0.4) is 0 Å². The molecule has 0 atom stereocenters. The van der Waals surface area contributed by atoms with Crippen molar-refractivity contribution in [2.45, 2.75) is 20.4 Å². The molecule has 1 aromatic heterocycles. The highest BCUT2D eigenvalue weighted by Crippen LogP contribution is 2.22. The second kappa shape index (κ2) is 7.07. The third-order valence-electron chi connectivity index (χ3n) is 3.92. The summed E-state index contributed by atoms with van der Waals surface area (Å²) in [4.78, 5) is 12.2. The van der Waals surface area contributed by atoms with E-state index in [1.54, 1.807) is 28.9 Å². The lowest BCUT2D eigenvalue weighted by Gasteiger charge is -2.08. The summed E-state index contributed by atoms with van der Waals surface area (Å²) >= 11 is 6.17. The van der Waals surface area contributed by atoms with Crippen molar-refractivity contribution in [1.82, 2.24) is 15.1 Å². The van der Waals surface area contributed by atoms with Crippen molar-refractivity contribution in [3.8, 4) is 5.69 Å². The fourth-order valence-electron chi connectivity index (χ4n) is 2.56. The number of hydrogen-bond donors (Lipinski definition) is 1. The molecule has 0 saturated heterocycles. The topological polar surface area (TPSA) is 46.9 Å². The van der Waals surface area contributed by atoms with Crippen LogP contribution in [0, 0.1) is 19.7 Å². The maximum atomic E-state index is 13.2. The number of nitrogens with zero attached hydrogens (tertiary/aromatic N) is 2. The molecule has 2 aromatic carbocycles. The van der Waals surface area contributed by atoms with Crippen molar-refractivity contribution in [3.05, 3.63) is 81.9 Å². The first-order chi connectivity index (χ1) is 12.0. The summed E-state index contributed by atoms with van der Waals surface area (Å²) in [5.74, 6) is -0.540. The van der Waals surface area contributed by atoms with Gasteiger partial charge in [0.1, 0.15) is 5.82 Å². The molecular weight excluding hydrogens is 341 g/mol. The summed E-state index contributed by atoms with van der Waals surface area (Å²) in [5.41, 5.74) is 3.67. The third kappa shape index (κ3) is 3.72. The summed E-state index contributed by atoms with van der Waals surface area (Å²) in [5, 5.41) is 7.80. The summed E-state index contributed by atoms with van der Waals surface area (Å²) < 4.78 is 14.9. The largest absolute Gasteiger partial charge is 0.348 e. The average molecular weight is 358 g/mol. The number of benzene rings is 2. The predicted molar refractivity (Wildman–Crippen MR) is 95.6 cm³/mol. The predicted octanol–water partition coefficient (Wildman–Crippen LogP) is 4.21. The molecule has 0 aliphatic carbocycles. The molecule has 0 aliphatic heterocycles. The van der Waals surface area contributed by atoms with E-state index in [4.69, 9.17) is 11.6 Å². The molecule has 0 fully saturated rings. The molecular formula is C19H17ClFN3O. The molecule has 0 unspecified atom stereocenters. The van der Waals surface area contributed by atoms with Crippen LogP contribution in [-0.4, -0.2) is 15.7 Å². The van der Waals surface area contributed by atoms with Crippen molar-refractivity contribution in [3.63, 3.8) is 0 Å². The summed E-state index contributed by atoms with van der Waals surface area (Å²) in [6.07, 6.45) is 0. The standard InChI is InChI=1S/C19H17ClFN3O/c1-12-18(20)13(2)24(23-12)17-8-6-15(7-9-17)19(25)22-11-14-4-3-5-16(21)10-14/h3-10H,11H2,1-2H3,(H,22,25). The Kier molecular flexibility index (Phi) is 4.86. The Hall–Kier alpha value is -2.66. The molecule has 1 N–H and O–H groups in total. The van der Waals surface area contributed by atoms with Crippen LogP contribution in [0.15, 0.2) is 48.5 Å². The van der Waals surface area contributed by atoms with Gasteiger partial charge in [-0.05, 0) is 55.8 Å². The van der Waals surface area contributed by atoms with Crippen LogP contribution < -0.4 is 5.32 Å². The van der Waals surface area contributed by atoms with Crippen LogP contribution in [0.5, 0.6) is 0 Å². The van der Waals surface area contributed by atoms with Gasteiger partial charge in [-0.25, -0.2) is 9.07 Å². The number of aromatic nitrogens is 2. The minimum absolute atomic E-state index is 0.220. The summed E-state index contributed by atoms with van der Waals surface area (Å²) in [6.45, 7) is 4.01. The number of nitrogens with one attached hydrogen (secondary N) is 1. The summed E-state index contributed by atoms with van der Waals surface area (Å²) in [6, 6.07) is 13.2. The quantitative estimate of drug-likeness (QED) is 0.760. The number of hydrogen-bond acceptors (Lipinski definition) is 2. The molecule has 0 spiro atoms. The fourth-order valence-corrected chi connectivity index (χ4v) is 2.68. The van der Waals surface area contributed by atoms with Crippen LogP contribution in [-0.2, 0) is 6.54 Å². The lowest BCUT2D eigenvalue weighted by Crippen LogP contribution is -2.22. The van der Waals surface area contributed by atoms with Gasteiger partial charge < -0.3 is 5.32 Å². The van der Waals surface area contributed by atoms with E-state index in [2.05, 4.69) is 10.4 Å². The Morgan fingerprint density at radius 3 is 2.52 bits per heavy atom. The van der Waals surface area contributed by atoms with E-state index in [1.165, 1.54) is 12.1 Å². The minimum atomic E-state index is -0.320. The molecule has 128 valence electrons. The van der Waals surface area contributed by atoms with Gasteiger partial charge in [0.05, 0.1) is 22.1 Å². The minimum Gasteiger partial charge on any atom is -0.348 e. The molecule has 0 aliphatic rings. The highest BCUT2D eigenvalue weighted by atomic mass is 35.5. The normalized spacial score (nSPS) is 10.7. The first kappa shape index (κ1) is 17.2. The number of aryl methyl sites for hydroxylation is 1. The fraction of sp³-hybridized carbons (Fsp3) is 0.158. The Morgan fingerprint density at radius 1 is 1.20 bits per heavy atom. The molecule has 25 heavy (non-hydrogen) atoms. The second-order valence-corrected chi connectivity index (χ2v) is 6.13. The highest BCUT2D eigenvalue weighted by Gasteiger charge is 2.11. The van der Waals surface area contributed by atoms with E-state index < -0.39 is 0 Å². The SMILES string of the molecule is Cc1nn(-c2ccc(C(=O)NCc3cccc(F)c3)cc2)c(C)c1Cl. The van der Waals surface area contributed by atoms with Gasteiger partial charge in [-0.1, -0.05) is 23.7 Å². The monoisotopic (exact) mass is 357 g/mol. The van der Waals surface area contributed by atoms with Gasteiger partial charge in [0.25, 0.3) is 5.91 Å². The Labute approximate surface area is 150 Å². The van der Waals surface area contributed by atoms with Crippen LogP contribution in [0.2, 0.25) is 5.02 Å². The van der Waals surface area contributed by atoms with Gasteiger partial charge in [0, 0.05) is 12.1 Å². The number of amides is 1. The van der Waals surface area contributed by atoms with Crippen LogP contribution in [0.25, 0.3) is 5.69 Å². The van der Waals surface area contributed by atoms with Crippen molar-refractivity contribution in [2.75, 3.05) is 0 Å². The lowest BCUT2D eigenvalue weighted by molar-refractivity contribution is 0.0951. The van der Waals surface area contributed by atoms with E-state index in [0.717, 1.165) is 17.1 Å². The molecule has 6 heteroatoms. The molecule has 0 bridgehead atoms. The van der Waals surface area contributed by atoms with Crippen molar-refractivity contribution in [2.24, 2.45) is 0 Å². The number of halogens is 2. The van der Waals surface area contributed by atoms with Crippen molar-refractivity contribution >= 4 is 17.5 Å². The second-order valence-electron chi connectivity index (χ2n) is 5.76. The van der Waals surface area contributed by atoms with Crippen molar-refractivity contribution < 1.29 is 9.18 Å². The molecule has 1 heterocycles. The van der Waals surface area contributed by atoms with Crippen LogP contribution in [0.1, 0.15) is 27.3 Å². The molecule has 0 saturated carbocycles. The van der Waals surface area contributed by atoms with E-state index in [9.17, 15) is 9.18 Å². The van der Waals surface area contributed by atoms with Gasteiger partial charge in [-0.3, -0.25) is 4.79 Å². The number of carbonyl (C=O) groups is 1. The highest BCUT2D eigenvalue weighted by molar-refractivity contribution is 6.31. The van der Waals surface area contributed by atoms with Gasteiger partial charge in [0.15, 0.2) is 0 Å². The smallest absolute Gasteiger partial charge is 0.251 e. The van der Waals surface area contributed by atoms with E-state index >= 15 is 0 Å². The third-order valence-corrected chi connectivity index (χ3v) is 4.47. The lowest BCUT2D eigenvalue weighted by atomic mass is 10.1. The van der Waals surface area contributed by atoms with E-state index in [-0.39, 0.29) is 18.3 Å². The zero-order valence-corrected chi connectivity index (χ0v) is 14.6.